The van der Waals surface area contributed by atoms with Crippen LogP contribution in [-0.4, -0.2) is 56.5 Å². The number of pyridine rings is 2. The molecule has 160 valence electrons. The largest absolute Gasteiger partial charge is 0.310 e. The minimum Gasteiger partial charge on any atom is -0.310 e. The normalized spacial score (nSPS) is 22.2. The van der Waals surface area contributed by atoms with Crippen LogP contribution in [0.25, 0.3) is 22.3 Å². The van der Waals surface area contributed by atoms with E-state index in [4.69, 9.17) is 0 Å². The number of likely N-dealkylation sites (tertiary alicyclic amines) is 1. The summed E-state index contributed by atoms with van der Waals surface area (Å²) in [5.41, 5.74) is 2.17. The Morgan fingerprint density at radius 2 is 1.90 bits per heavy atom. The SMILES string of the molecule is O=C(Nc1cc2nc(-c3cnccn3)ccc2cn1)[C@H]1CC[C@H](CN2CC(F)C2)CC1. The standard InChI is InChI=1S/C23H25FN6O/c24-18-13-30(14-18)12-15-1-3-16(4-2-15)23(31)29-22-9-20-17(10-27-22)5-6-19(28-20)21-11-25-7-8-26-21/h5-11,15-16,18H,1-4,12-14H2,(H,27,29,31)/t15-,16-. The van der Waals surface area contributed by atoms with Crippen LogP contribution < -0.4 is 5.32 Å². The van der Waals surface area contributed by atoms with Crippen LogP contribution in [0.2, 0.25) is 0 Å². The molecule has 31 heavy (non-hydrogen) atoms. The van der Waals surface area contributed by atoms with Crippen LogP contribution in [0.4, 0.5) is 10.2 Å². The molecule has 2 aliphatic rings. The Morgan fingerprint density at radius 3 is 2.65 bits per heavy atom. The summed E-state index contributed by atoms with van der Waals surface area (Å²) < 4.78 is 13.0. The Labute approximate surface area is 180 Å². The number of nitrogens with zero attached hydrogens (tertiary/aromatic N) is 5. The highest BCUT2D eigenvalue weighted by molar-refractivity contribution is 5.93. The molecular formula is C23H25FN6O. The number of carbonyl (C=O) groups excluding carboxylic acids is 1. The van der Waals surface area contributed by atoms with Crippen molar-refractivity contribution in [2.75, 3.05) is 25.0 Å². The van der Waals surface area contributed by atoms with Gasteiger partial charge in [0.2, 0.25) is 5.91 Å². The van der Waals surface area contributed by atoms with Crippen molar-refractivity contribution in [3.8, 4) is 11.4 Å². The number of amides is 1. The summed E-state index contributed by atoms with van der Waals surface area (Å²) >= 11 is 0. The first kappa shape index (κ1) is 19.9. The fraction of sp³-hybridized carbons (Fsp3) is 0.435. The molecule has 0 radical (unpaired) electrons. The van der Waals surface area contributed by atoms with Gasteiger partial charge in [-0.05, 0) is 43.7 Å². The van der Waals surface area contributed by atoms with Crippen molar-refractivity contribution < 1.29 is 9.18 Å². The number of aromatic nitrogens is 4. The van der Waals surface area contributed by atoms with Crippen LogP contribution in [0, 0.1) is 11.8 Å². The molecule has 1 amide bonds. The molecule has 3 aromatic heterocycles. The van der Waals surface area contributed by atoms with Gasteiger partial charge < -0.3 is 5.32 Å². The predicted octanol–water partition coefficient (Wildman–Crippen LogP) is 3.49. The predicted molar refractivity (Wildman–Crippen MR) is 116 cm³/mol. The molecule has 0 aromatic carbocycles. The maximum atomic E-state index is 13.0. The number of carbonyl (C=O) groups is 1. The van der Waals surface area contributed by atoms with E-state index in [0.717, 1.165) is 48.8 Å². The molecule has 4 heterocycles. The Balaban J connectivity index is 1.21. The molecule has 1 N–H and O–H groups in total. The minimum absolute atomic E-state index is 0.00190. The molecule has 0 spiro atoms. The summed E-state index contributed by atoms with van der Waals surface area (Å²) in [5.74, 6) is 1.10. The Bertz CT molecular complexity index is 1060. The van der Waals surface area contributed by atoms with Gasteiger partial charge in [0.05, 0.1) is 17.4 Å². The van der Waals surface area contributed by atoms with Gasteiger partial charge in [0.15, 0.2) is 0 Å². The Hall–Kier alpha value is -3.00. The van der Waals surface area contributed by atoms with E-state index in [1.807, 2.05) is 12.1 Å². The van der Waals surface area contributed by atoms with E-state index in [2.05, 4.69) is 30.2 Å². The van der Waals surface area contributed by atoms with Crippen molar-refractivity contribution in [2.45, 2.75) is 31.9 Å². The van der Waals surface area contributed by atoms with Gasteiger partial charge in [-0.2, -0.15) is 0 Å². The lowest BCUT2D eigenvalue weighted by molar-refractivity contribution is -0.121. The zero-order chi connectivity index (χ0) is 21.2. The number of anilines is 1. The lowest BCUT2D eigenvalue weighted by atomic mass is 9.81. The second kappa shape index (κ2) is 8.63. The maximum Gasteiger partial charge on any atom is 0.228 e. The molecule has 8 heteroatoms. The van der Waals surface area contributed by atoms with E-state index in [1.54, 1.807) is 30.9 Å². The lowest BCUT2D eigenvalue weighted by Gasteiger charge is -2.38. The summed E-state index contributed by atoms with van der Waals surface area (Å²) in [5, 5.41) is 3.86. The monoisotopic (exact) mass is 420 g/mol. The molecule has 1 saturated heterocycles. The highest BCUT2D eigenvalue weighted by atomic mass is 19.1. The number of nitrogens with one attached hydrogen (secondary N) is 1. The van der Waals surface area contributed by atoms with E-state index in [-0.39, 0.29) is 11.8 Å². The molecule has 1 aliphatic heterocycles. The van der Waals surface area contributed by atoms with Gasteiger partial charge in [-0.15, -0.1) is 0 Å². The van der Waals surface area contributed by atoms with Crippen molar-refractivity contribution in [1.29, 1.82) is 0 Å². The third-order valence-electron chi connectivity index (χ3n) is 6.30. The molecule has 0 atom stereocenters. The van der Waals surface area contributed by atoms with E-state index < -0.39 is 6.17 Å². The topological polar surface area (TPSA) is 83.9 Å². The van der Waals surface area contributed by atoms with Crippen molar-refractivity contribution in [3.63, 3.8) is 0 Å². The van der Waals surface area contributed by atoms with Gasteiger partial charge in [-0.1, -0.05) is 0 Å². The van der Waals surface area contributed by atoms with Gasteiger partial charge in [0.1, 0.15) is 17.7 Å². The van der Waals surface area contributed by atoms with Crippen molar-refractivity contribution in [2.24, 2.45) is 11.8 Å². The van der Waals surface area contributed by atoms with Gasteiger partial charge in [0, 0.05) is 55.6 Å². The number of hydrogen-bond acceptors (Lipinski definition) is 6. The highest BCUT2D eigenvalue weighted by Crippen LogP contribution is 2.31. The molecule has 1 saturated carbocycles. The fourth-order valence-corrected chi connectivity index (χ4v) is 4.52. The molecule has 0 bridgehead atoms. The minimum atomic E-state index is -0.650. The van der Waals surface area contributed by atoms with Crippen molar-refractivity contribution >= 4 is 22.6 Å². The fourth-order valence-electron chi connectivity index (χ4n) is 4.52. The first-order valence-electron chi connectivity index (χ1n) is 10.8. The molecule has 3 aromatic rings. The van der Waals surface area contributed by atoms with Crippen molar-refractivity contribution in [3.05, 3.63) is 43.0 Å². The van der Waals surface area contributed by atoms with Crippen LogP contribution >= 0.6 is 0 Å². The van der Waals surface area contributed by atoms with E-state index in [0.29, 0.717) is 30.5 Å². The van der Waals surface area contributed by atoms with Crippen molar-refractivity contribution in [1.82, 2.24) is 24.8 Å². The molecule has 7 nitrogen and oxygen atoms in total. The van der Waals surface area contributed by atoms with Gasteiger partial charge in [-0.3, -0.25) is 19.7 Å². The summed E-state index contributed by atoms with van der Waals surface area (Å²) in [4.78, 5) is 32.4. The molecular weight excluding hydrogens is 395 g/mol. The van der Waals surface area contributed by atoms with Gasteiger partial charge in [-0.25, -0.2) is 14.4 Å². The second-order valence-corrected chi connectivity index (χ2v) is 8.57. The van der Waals surface area contributed by atoms with Crippen LogP contribution in [-0.2, 0) is 4.79 Å². The van der Waals surface area contributed by atoms with Crippen LogP contribution in [0.1, 0.15) is 25.7 Å². The number of alkyl halides is 1. The Morgan fingerprint density at radius 1 is 1.06 bits per heavy atom. The third-order valence-corrected chi connectivity index (χ3v) is 6.30. The number of hydrogen-bond donors (Lipinski definition) is 1. The van der Waals surface area contributed by atoms with Crippen LogP contribution in [0.5, 0.6) is 0 Å². The molecule has 0 unspecified atom stereocenters. The molecule has 1 aliphatic carbocycles. The first-order chi connectivity index (χ1) is 15.1. The Kier molecular flexibility index (Phi) is 5.55. The van der Waals surface area contributed by atoms with Crippen LogP contribution in [0.15, 0.2) is 43.0 Å². The smallest absolute Gasteiger partial charge is 0.228 e. The van der Waals surface area contributed by atoms with Gasteiger partial charge >= 0.3 is 0 Å². The lowest BCUT2D eigenvalue weighted by Crippen LogP contribution is -2.50. The summed E-state index contributed by atoms with van der Waals surface area (Å²) in [6, 6.07) is 5.63. The zero-order valence-electron chi connectivity index (χ0n) is 17.2. The average molecular weight is 420 g/mol. The van der Waals surface area contributed by atoms with Gasteiger partial charge in [0.25, 0.3) is 0 Å². The third kappa shape index (κ3) is 4.54. The zero-order valence-corrected chi connectivity index (χ0v) is 17.2. The molecule has 2 fully saturated rings. The average Bonchev–Trinajstić information content (AvgIpc) is 2.78. The summed E-state index contributed by atoms with van der Waals surface area (Å²) in [6.07, 6.45) is 9.77. The van der Waals surface area contributed by atoms with E-state index in [1.165, 1.54) is 0 Å². The quantitative estimate of drug-likeness (QED) is 0.680. The number of rotatable bonds is 5. The number of halogens is 1. The summed E-state index contributed by atoms with van der Waals surface area (Å²) in [6.45, 7) is 2.10. The van der Waals surface area contributed by atoms with E-state index in [9.17, 15) is 9.18 Å². The highest BCUT2D eigenvalue weighted by Gasteiger charge is 2.31. The number of fused-ring (bicyclic) bond motifs is 1. The van der Waals surface area contributed by atoms with Crippen LogP contribution in [0.3, 0.4) is 0 Å². The summed E-state index contributed by atoms with van der Waals surface area (Å²) in [7, 11) is 0. The second-order valence-electron chi connectivity index (χ2n) is 8.57. The molecule has 5 rings (SSSR count). The maximum absolute atomic E-state index is 13.0. The first-order valence-corrected chi connectivity index (χ1v) is 10.8. The van der Waals surface area contributed by atoms with E-state index >= 15 is 0 Å².